The largest absolute Gasteiger partial charge is 0.317 e. The lowest BCUT2D eigenvalue weighted by molar-refractivity contribution is 0.0988. The molecule has 1 aliphatic heterocycles. The Balaban J connectivity index is 2.02. The minimum Gasteiger partial charge on any atom is -0.317 e. The lowest BCUT2D eigenvalue weighted by Crippen LogP contribution is -2.32. The van der Waals surface area contributed by atoms with Gasteiger partial charge in [-0.25, -0.2) is 4.98 Å². The minimum atomic E-state index is -0.400. The molecule has 0 spiro atoms. The second-order valence-corrected chi connectivity index (χ2v) is 9.43. The van der Waals surface area contributed by atoms with Gasteiger partial charge in [-0.2, -0.15) is 0 Å². The lowest BCUT2D eigenvalue weighted by atomic mass is 10.0. The van der Waals surface area contributed by atoms with E-state index < -0.39 is 6.04 Å². The molecule has 1 amide bonds. The predicted octanol–water partition coefficient (Wildman–Crippen LogP) is 6.40. The molecule has 29 heavy (non-hydrogen) atoms. The van der Waals surface area contributed by atoms with E-state index in [1.165, 1.54) is 0 Å². The fourth-order valence-electron chi connectivity index (χ4n) is 3.91. The molecular formula is C21H19Br2ClN4O. The van der Waals surface area contributed by atoms with Crippen LogP contribution in [0, 0.1) is 13.8 Å². The van der Waals surface area contributed by atoms with Gasteiger partial charge in [0.15, 0.2) is 10.4 Å². The van der Waals surface area contributed by atoms with Crippen LogP contribution in [0.15, 0.2) is 39.7 Å². The zero-order valence-electron chi connectivity index (χ0n) is 16.4. The topological polar surface area (TPSA) is 51.0 Å². The van der Waals surface area contributed by atoms with E-state index in [0.29, 0.717) is 15.5 Å². The van der Waals surface area contributed by atoms with Gasteiger partial charge in [-0.3, -0.25) is 14.7 Å². The fourth-order valence-corrected chi connectivity index (χ4v) is 5.08. The highest BCUT2D eigenvalue weighted by molar-refractivity contribution is 9.10. The van der Waals surface area contributed by atoms with Gasteiger partial charge in [-0.15, -0.1) is 0 Å². The summed E-state index contributed by atoms with van der Waals surface area (Å²) in [5.74, 6) is -0.150. The van der Waals surface area contributed by atoms with E-state index in [4.69, 9.17) is 11.6 Å². The van der Waals surface area contributed by atoms with Crippen LogP contribution < -0.4 is 4.90 Å². The number of halogens is 3. The maximum Gasteiger partial charge on any atom is 0.279 e. The number of aryl methyl sites for hydroxylation is 1. The van der Waals surface area contributed by atoms with E-state index in [1.54, 1.807) is 11.1 Å². The summed E-state index contributed by atoms with van der Waals surface area (Å²) in [7, 11) is 0. The fraction of sp³-hybridized carbons (Fsp3) is 0.286. The average Bonchev–Trinajstić information content (AvgIpc) is 3.14. The number of hydrogen-bond donors (Lipinski definition) is 0. The van der Waals surface area contributed by atoms with Crippen LogP contribution in [0.25, 0.3) is 0 Å². The van der Waals surface area contributed by atoms with Gasteiger partial charge in [-0.1, -0.05) is 17.7 Å². The van der Waals surface area contributed by atoms with Gasteiger partial charge in [0.05, 0.1) is 17.1 Å². The van der Waals surface area contributed by atoms with E-state index in [0.717, 1.165) is 32.7 Å². The summed E-state index contributed by atoms with van der Waals surface area (Å²) in [6, 6.07) is 7.39. The van der Waals surface area contributed by atoms with Crippen LogP contribution in [0.2, 0.25) is 5.02 Å². The highest BCUT2D eigenvalue weighted by Gasteiger charge is 2.45. The second-order valence-electron chi connectivity index (χ2n) is 7.40. The molecule has 2 aromatic heterocycles. The van der Waals surface area contributed by atoms with Crippen LogP contribution in [0.4, 0.5) is 5.69 Å². The third kappa shape index (κ3) is 3.23. The molecule has 3 aromatic rings. The molecule has 0 aliphatic carbocycles. The summed E-state index contributed by atoms with van der Waals surface area (Å²) >= 11 is 13.4. The van der Waals surface area contributed by atoms with E-state index in [-0.39, 0.29) is 11.9 Å². The molecule has 0 N–H and O–H groups in total. The molecule has 1 aliphatic rings. The van der Waals surface area contributed by atoms with E-state index in [9.17, 15) is 4.79 Å². The van der Waals surface area contributed by atoms with Gasteiger partial charge in [0, 0.05) is 21.7 Å². The van der Waals surface area contributed by atoms with E-state index in [2.05, 4.69) is 60.2 Å². The number of nitrogens with zero attached hydrogens (tertiary/aromatic N) is 4. The Morgan fingerprint density at radius 2 is 1.86 bits per heavy atom. The summed E-state index contributed by atoms with van der Waals surface area (Å²) in [5.41, 5.74) is 4.70. The Bertz CT molecular complexity index is 1120. The summed E-state index contributed by atoms with van der Waals surface area (Å²) in [5, 5.41) is 0.623. The maximum absolute atomic E-state index is 13.6. The van der Waals surface area contributed by atoms with Gasteiger partial charge >= 0.3 is 0 Å². The quantitative estimate of drug-likeness (QED) is 0.388. The number of carbonyl (C=O) groups excluding carboxylic acids is 1. The number of anilines is 1. The number of rotatable bonds is 3. The molecule has 1 unspecified atom stereocenters. The van der Waals surface area contributed by atoms with Crippen molar-refractivity contribution in [1.82, 2.24) is 14.5 Å². The first-order valence-corrected chi connectivity index (χ1v) is 11.2. The first-order chi connectivity index (χ1) is 13.7. The standard InChI is InChI=1S/C21H19Br2ClN4O/c1-10(2)27-19-16(26-21(27)23)20(29)28(17-11(3)5-7-14(24)12(17)4)18(19)15-8-6-13(22)9-25-15/h5-10,18H,1-4H3. The number of benzene rings is 1. The van der Waals surface area contributed by atoms with Crippen molar-refractivity contribution in [2.75, 3.05) is 4.90 Å². The normalized spacial score (nSPS) is 16.1. The molecule has 1 aromatic carbocycles. The molecule has 150 valence electrons. The van der Waals surface area contributed by atoms with Crippen LogP contribution in [0.3, 0.4) is 0 Å². The summed E-state index contributed by atoms with van der Waals surface area (Å²) in [6.07, 6.45) is 1.75. The molecule has 0 saturated heterocycles. The van der Waals surface area contributed by atoms with Crippen molar-refractivity contribution in [2.45, 2.75) is 39.8 Å². The molecule has 3 heterocycles. The van der Waals surface area contributed by atoms with Crippen molar-refractivity contribution in [1.29, 1.82) is 0 Å². The van der Waals surface area contributed by atoms with Crippen molar-refractivity contribution in [3.05, 3.63) is 72.9 Å². The second kappa shape index (κ2) is 7.52. The molecule has 1 atom stereocenters. The molecule has 4 rings (SSSR count). The lowest BCUT2D eigenvalue weighted by Gasteiger charge is -2.30. The number of aromatic nitrogens is 3. The van der Waals surface area contributed by atoms with Gasteiger partial charge in [0.2, 0.25) is 0 Å². The molecule has 0 fully saturated rings. The smallest absolute Gasteiger partial charge is 0.279 e. The van der Waals surface area contributed by atoms with E-state index in [1.807, 2.05) is 38.1 Å². The monoisotopic (exact) mass is 536 g/mol. The predicted molar refractivity (Wildman–Crippen MR) is 122 cm³/mol. The van der Waals surface area contributed by atoms with E-state index >= 15 is 0 Å². The van der Waals surface area contributed by atoms with Crippen molar-refractivity contribution < 1.29 is 4.79 Å². The summed E-state index contributed by atoms with van der Waals surface area (Å²) in [6.45, 7) is 8.07. The third-order valence-corrected chi connectivity index (χ3v) is 6.64. The number of pyridine rings is 1. The SMILES string of the molecule is Cc1ccc(Cl)c(C)c1N1C(=O)c2nc(Br)n(C(C)C)c2C1c1ccc(Br)cn1. The molecule has 5 nitrogen and oxygen atoms in total. The Kier molecular flexibility index (Phi) is 5.34. The zero-order chi connectivity index (χ0) is 21.0. The first kappa shape index (κ1) is 20.6. The number of imidazole rings is 1. The highest BCUT2D eigenvalue weighted by Crippen LogP contribution is 2.46. The number of fused-ring (bicyclic) bond motifs is 1. The van der Waals surface area contributed by atoms with Gasteiger partial charge in [0.25, 0.3) is 5.91 Å². The first-order valence-electron chi connectivity index (χ1n) is 9.20. The minimum absolute atomic E-state index is 0.118. The van der Waals surface area contributed by atoms with Crippen LogP contribution >= 0.6 is 43.5 Å². The van der Waals surface area contributed by atoms with Crippen molar-refractivity contribution in [2.24, 2.45) is 0 Å². The van der Waals surface area contributed by atoms with Crippen molar-refractivity contribution in [3.63, 3.8) is 0 Å². The zero-order valence-corrected chi connectivity index (χ0v) is 20.3. The number of carbonyl (C=O) groups is 1. The van der Waals surface area contributed by atoms with Crippen LogP contribution in [-0.2, 0) is 0 Å². The van der Waals surface area contributed by atoms with Crippen LogP contribution in [-0.4, -0.2) is 20.4 Å². The number of hydrogen-bond acceptors (Lipinski definition) is 3. The van der Waals surface area contributed by atoms with Gasteiger partial charge < -0.3 is 4.57 Å². The van der Waals surface area contributed by atoms with Gasteiger partial charge in [0.1, 0.15) is 6.04 Å². The van der Waals surface area contributed by atoms with Crippen molar-refractivity contribution >= 4 is 55.1 Å². The maximum atomic E-state index is 13.6. The molecular weight excluding hydrogens is 520 g/mol. The Morgan fingerprint density at radius 1 is 1.14 bits per heavy atom. The molecule has 0 radical (unpaired) electrons. The summed E-state index contributed by atoms with van der Waals surface area (Å²) < 4.78 is 3.58. The van der Waals surface area contributed by atoms with Crippen molar-refractivity contribution in [3.8, 4) is 0 Å². The van der Waals surface area contributed by atoms with Crippen LogP contribution in [0.1, 0.15) is 58.9 Å². The third-order valence-electron chi connectivity index (χ3n) is 5.20. The Hall–Kier alpha value is -1.70. The molecule has 8 heteroatoms. The molecule has 0 saturated carbocycles. The summed E-state index contributed by atoms with van der Waals surface area (Å²) in [4.78, 5) is 24.6. The molecule has 0 bridgehead atoms. The Labute approximate surface area is 191 Å². The highest BCUT2D eigenvalue weighted by atomic mass is 79.9. The van der Waals surface area contributed by atoms with Gasteiger partial charge in [-0.05, 0) is 88.9 Å². The Morgan fingerprint density at radius 3 is 2.48 bits per heavy atom. The number of amides is 1. The average molecular weight is 539 g/mol. The van der Waals surface area contributed by atoms with Crippen LogP contribution in [0.5, 0.6) is 0 Å².